The fourth-order valence-electron chi connectivity index (χ4n) is 2.64. The molecular weight excluding hydrogens is 360 g/mol. The molecule has 0 aliphatic heterocycles. The fraction of sp³-hybridized carbons (Fsp3) is 0.611. The lowest BCUT2D eigenvalue weighted by atomic mass is 10.1. The standard InChI is InChI=1S/C18H27ClN2O3S/c1-5-10-21(12-13-6-7-13)17(22)14-8-9-15(19)16(11-14)25(23,24)20-18(2,3)4/h8-9,11,13,20H,5-7,10,12H2,1-4H3. The quantitative estimate of drug-likeness (QED) is 0.777. The van der Waals surface area contributed by atoms with Gasteiger partial charge in [-0.05, 0) is 64.2 Å². The zero-order valence-corrected chi connectivity index (χ0v) is 16.9. The molecule has 0 atom stereocenters. The van der Waals surface area contributed by atoms with Crippen molar-refractivity contribution in [3.05, 3.63) is 28.8 Å². The van der Waals surface area contributed by atoms with Crippen LogP contribution in [0.5, 0.6) is 0 Å². The molecule has 0 heterocycles. The number of halogens is 1. The van der Waals surface area contributed by atoms with Crippen LogP contribution in [0.2, 0.25) is 5.02 Å². The first-order valence-electron chi connectivity index (χ1n) is 8.66. The summed E-state index contributed by atoms with van der Waals surface area (Å²) >= 11 is 6.11. The van der Waals surface area contributed by atoms with E-state index in [1.54, 1.807) is 26.8 Å². The number of nitrogens with one attached hydrogen (secondary N) is 1. The van der Waals surface area contributed by atoms with E-state index in [0.29, 0.717) is 18.0 Å². The van der Waals surface area contributed by atoms with Crippen LogP contribution in [0.1, 0.15) is 57.3 Å². The average Bonchev–Trinajstić information content (AvgIpc) is 3.28. The van der Waals surface area contributed by atoms with E-state index in [2.05, 4.69) is 4.72 Å². The van der Waals surface area contributed by atoms with Crippen LogP contribution in [-0.2, 0) is 10.0 Å². The lowest BCUT2D eigenvalue weighted by Crippen LogP contribution is -2.40. The molecule has 1 amide bonds. The predicted octanol–water partition coefficient (Wildman–Crippen LogP) is 3.68. The minimum Gasteiger partial charge on any atom is -0.338 e. The van der Waals surface area contributed by atoms with Crippen molar-refractivity contribution in [1.29, 1.82) is 0 Å². The highest BCUT2D eigenvalue weighted by Gasteiger charge is 2.29. The summed E-state index contributed by atoms with van der Waals surface area (Å²) in [6, 6.07) is 4.46. The summed E-state index contributed by atoms with van der Waals surface area (Å²) < 4.78 is 27.8. The van der Waals surface area contributed by atoms with Crippen LogP contribution in [0.3, 0.4) is 0 Å². The molecule has 0 bridgehead atoms. The number of benzene rings is 1. The van der Waals surface area contributed by atoms with Gasteiger partial charge in [-0.1, -0.05) is 18.5 Å². The van der Waals surface area contributed by atoms with Crippen molar-refractivity contribution in [2.24, 2.45) is 5.92 Å². The molecule has 1 N–H and O–H groups in total. The van der Waals surface area contributed by atoms with Crippen molar-refractivity contribution in [3.63, 3.8) is 0 Å². The zero-order valence-electron chi connectivity index (χ0n) is 15.3. The van der Waals surface area contributed by atoms with Crippen LogP contribution in [0.25, 0.3) is 0 Å². The summed E-state index contributed by atoms with van der Waals surface area (Å²) in [6.45, 7) is 8.69. The van der Waals surface area contributed by atoms with Gasteiger partial charge in [-0.25, -0.2) is 13.1 Å². The van der Waals surface area contributed by atoms with Crippen LogP contribution in [0.15, 0.2) is 23.1 Å². The van der Waals surface area contributed by atoms with Gasteiger partial charge in [-0.15, -0.1) is 0 Å². The molecule has 1 saturated carbocycles. The van der Waals surface area contributed by atoms with E-state index in [-0.39, 0.29) is 15.8 Å². The monoisotopic (exact) mass is 386 g/mol. The normalized spacial score (nSPS) is 15.2. The number of hydrogen-bond acceptors (Lipinski definition) is 3. The Hall–Kier alpha value is -1.11. The van der Waals surface area contributed by atoms with Crippen molar-refractivity contribution >= 4 is 27.5 Å². The molecule has 0 aromatic heterocycles. The van der Waals surface area contributed by atoms with Crippen LogP contribution < -0.4 is 4.72 Å². The summed E-state index contributed by atoms with van der Waals surface area (Å²) in [5, 5.41) is 0.109. The van der Waals surface area contributed by atoms with Gasteiger partial charge in [-0.3, -0.25) is 4.79 Å². The summed E-state index contributed by atoms with van der Waals surface area (Å²) in [7, 11) is -3.81. The Morgan fingerprint density at radius 1 is 1.32 bits per heavy atom. The SMILES string of the molecule is CCCN(CC1CC1)C(=O)c1ccc(Cl)c(S(=O)(=O)NC(C)(C)C)c1. The van der Waals surface area contributed by atoms with Crippen LogP contribution in [0, 0.1) is 5.92 Å². The Kier molecular flexibility index (Phi) is 6.17. The van der Waals surface area contributed by atoms with E-state index in [0.717, 1.165) is 25.8 Å². The van der Waals surface area contributed by atoms with Crippen molar-refractivity contribution < 1.29 is 13.2 Å². The number of hydrogen-bond donors (Lipinski definition) is 1. The minimum absolute atomic E-state index is 0.0576. The van der Waals surface area contributed by atoms with Crippen LogP contribution >= 0.6 is 11.6 Å². The fourth-order valence-corrected chi connectivity index (χ4v) is 4.59. The third-order valence-electron chi connectivity index (χ3n) is 3.86. The van der Waals surface area contributed by atoms with Crippen LogP contribution in [0.4, 0.5) is 0 Å². The third kappa shape index (κ3) is 5.69. The lowest BCUT2D eigenvalue weighted by molar-refractivity contribution is 0.0747. The minimum atomic E-state index is -3.81. The summed E-state index contributed by atoms with van der Waals surface area (Å²) in [5.74, 6) is 0.436. The van der Waals surface area contributed by atoms with Crippen molar-refractivity contribution in [2.45, 2.75) is 57.4 Å². The highest BCUT2D eigenvalue weighted by atomic mass is 35.5. The smallest absolute Gasteiger partial charge is 0.253 e. The van der Waals surface area contributed by atoms with E-state index >= 15 is 0 Å². The molecule has 0 spiro atoms. The molecule has 1 fully saturated rings. The maximum atomic E-state index is 12.8. The van der Waals surface area contributed by atoms with Crippen molar-refractivity contribution in [3.8, 4) is 0 Å². The molecule has 1 aliphatic rings. The largest absolute Gasteiger partial charge is 0.338 e. The highest BCUT2D eigenvalue weighted by Crippen LogP contribution is 2.31. The maximum Gasteiger partial charge on any atom is 0.253 e. The first-order valence-corrected chi connectivity index (χ1v) is 10.5. The first kappa shape index (κ1) is 20.2. The molecular formula is C18H27ClN2O3S. The predicted molar refractivity (Wildman–Crippen MR) is 100 cm³/mol. The number of nitrogens with zero attached hydrogens (tertiary/aromatic N) is 1. The first-order chi connectivity index (χ1) is 11.5. The molecule has 1 aromatic carbocycles. The summed E-state index contributed by atoms with van der Waals surface area (Å²) in [5.41, 5.74) is -0.282. The van der Waals surface area contributed by atoms with E-state index in [9.17, 15) is 13.2 Å². The number of rotatable bonds is 7. The van der Waals surface area contributed by atoms with Crippen molar-refractivity contribution in [2.75, 3.05) is 13.1 Å². The van der Waals surface area contributed by atoms with Gasteiger partial charge in [-0.2, -0.15) is 0 Å². The van der Waals surface area contributed by atoms with Gasteiger partial charge in [0.05, 0.1) is 5.02 Å². The van der Waals surface area contributed by atoms with E-state index < -0.39 is 15.6 Å². The number of sulfonamides is 1. The van der Waals surface area contributed by atoms with Gasteiger partial charge < -0.3 is 4.90 Å². The van der Waals surface area contributed by atoms with E-state index in [4.69, 9.17) is 11.6 Å². The van der Waals surface area contributed by atoms with Gasteiger partial charge in [0.2, 0.25) is 10.0 Å². The molecule has 5 nitrogen and oxygen atoms in total. The number of carbonyl (C=O) groups is 1. The Morgan fingerprint density at radius 3 is 2.48 bits per heavy atom. The highest BCUT2D eigenvalue weighted by molar-refractivity contribution is 7.89. The molecule has 1 aliphatic carbocycles. The average molecular weight is 387 g/mol. The number of carbonyl (C=O) groups excluding carboxylic acids is 1. The molecule has 0 unspecified atom stereocenters. The zero-order chi connectivity index (χ0) is 18.8. The molecule has 0 saturated heterocycles. The molecule has 7 heteroatoms. The second-order valence-corrected chi connectivity index (χ2v) is 9.75. The van der Waals surface area contributed by atoms with Crippen molar-refractivity contribution in [1.82, 2.24) is 9.62 Å². The van der Waals surface area contributed by atoms with E-state index in [1.807, 2.05) is 11.8 Å². The third-order valence-corrected chi connectivity index (χ3v) is 6.10. The van der Waals surface area contributed by atoms with Gasteiger partial charge >= 0.3 is 0 Å². The van der Waals surface area contributed by atoms with Crippen LogP contribution in [-0.4, -0.2) is 37.9 Å². The lowest BCUT2D eigenvalue weighted by Gasteiger charge is -2.23. The summed E-state index contributed by atoms with van der Waals surface area (Å²) in [6.07, 6.45) is 3.18. The van der Waals surface area contributed by atoms with Gasteiger partial charge in [0.25, 0.3) is 5.91 Å². The Balaban J connectivity index is 2.32. The van der Waals surface area contributed by atoms with Gasteiger partial charge in [0.15, 0.2) is 0 Å². The molecule has 140 valence electrons. The Bertz CT molecular complexity index is 737. The maximum absolute atomic E-state index is 12.8. The second-order valence-electron chi connectivity index (χ2n) is 7.70. The van der Waals surface area contributed by atoms with E-state index in [1.165, 1.54) is 12.1 Å². The molecule has 0 radical (unpaired) electrons. The van der Waals surface area contributed by atoms with Gasteiger partial charge in [0.1, 0.15) is 4.90 Å². The Morgan fingerprint density at radius 2 is 1.96 bits per heavy atom. The second kappa shape index (κ2) is 7.64. The molecule has 25 heavy (non-hydrogen) atoms. The Labute approximate surface area is 155 Å². The topological polar surface area (TPSA) is 66.5 Å². The molecule has 1 aromatic rings. The number of amides is 1. The molecule has 2 rings (SSSR count). The van der Waals surface area contributed by atoms with Gasteiger partial charge in [0, 0.05) is 24.2 Å². The summed E-state index contributed by atoms with van der Waals surface area (Å²) in [4.78, 5) is 14.6.